The molecule has 7 heteroatoms. The fourth-order valence-corrected chi connectivity index (χ4v) is 3.25. The number of aromatic nitrogens is 1. The largest absolute Gasteiger partial charge is 0.412 e. The number of anilines is 1. The van der Waals surface area contributed by atoms with E-state index in [9.17, 15) is 13.2 Å². The molecule has 0 saturated heterocycles. The van der Waals surface area contributed by atoms with Gasteiger partial charge in [-0.15, -0.1) is 0 Å². The molecule has 0 unspecified atom stereocenters. The van der Waals surface area contributed by atoms with Crippen LogP contribution in [0.15, 0.2) is 29.8 Å². The molecule has 0 aliphatic carbocycles. The minimum atomic E-state index is -4.19. The first-order chi connectivity index (χ1) is 9.91. The third-order valence-electron chi connectivity index (χ3n) is 3.53. The molecule has 0 atom stereocenters. The number of hydrogen-bond donors (Lipinski definition) is 1. The van der Waals surface area contributed by atoms with E-state index in [1.807, 2.05) is 23.1 Å². The first-order valence-electron chi connectivity index (χ1n) is 6.55. The fraction of sp³-hybridized carbons (Fsp3) is 0.357. The van der Waals surface area contributed by atoms with Gasteiger partial charge in [0.2, 0.25) is 0 Å². The highest BCUT2D eigenvalue weighted by molar-refractivity contribution is 7.22. The Balaban J connectivity index is 1.70. The van der Waals surface area contributed by atoms with Crippen LogP contribution in [0.2, 0.25) is 0 Å². The number of nitrogen functional groups attached to an aromatic ring is 1. The van der Waals surface area contributed by atoms with E-state index in [1.54, 1.807) is 0 Å². The smallest absolute Gasteiger partial charge is 0.375 e. The zero-order valence-electron chi connectivity index (χ0n) is 11.2. The van der Waals surface area contributed by atoms with Gasteiger partial charge in [-0.25, -0.2) is 4.98 Å². The standard InChI is InChI=1S/C14H14F3N3S/c15-14(16,17)10-3-5-20(6-4-10)8-9-1-2-11-12(7-9)21-13(18)19-11/h1-3,7H,4-6,8H2,(H2,18,19). The Bertz CT molecular complexity index is 690. The van der Waals surface area contributed by atoms with Crippen molar-refractivity contribution in [3.63, 3.8) is 0 Å². The number of fused-ring (bicyclic) bond motifs is 1. The van der Waals surface area contributed by atoms with Crippen molar-refractivity contribution in [1.29, 1.82) is 0 Å². The van der Waals surface area contributed by atoms with Crippen LogP contribution in [0.25, 0.3) is 10.2 Å². The van der Waals surface area contributed by atoms with Crippen LogP contribution in [0.5, 0.6) is 0 Å². The Hall–Kier alpha value is -1.60. The highest BCUT2D eigenvalue weighted by atomic mass is 32.1. The van der Waals surface area contributed by atoms with Gasteiger partial charge in [0.15, 0.2) is 5.13 Å². The van der Waals surface area contributed by atoms with Gasteiger partial charge < -0.3 is 5.73 Å². The lowest BCUT2D eigenvalue weighted by atomic mass is 10.1. The number of rotatable bonds is 2. The van der Waals surface area contributed by atoms with Crippen molar-refractivity contribution < 1.29 is 13.2 Å². The van der Waals surface area contributed by atoms with Crippen molar-refractivity contribution in [2.24, 2.45) is 0 Å². The van der Waals surface area contributed by atoms with Crippen LogP contribution in [-0.2, 0) is 6.54 Å². The van der Waals surface area contributed by atoms with Crippen molar-refractivity contribution in [1.82, 2.24) is 9.88 Å². The van der Waals surface area contributed by atoms with E-state index in [-0.39, 0.29) is 6.42 Å². The Morgan fingerprint density at radius 3 is 2.81 bits per heavy atom. The van der Waals surface area contributed by atoms with Crippen molar-refractivity contribution in [2.45, 2.75) is 19.1 Å². The van der Waals surface area contributed by atoms with Crippen LogP contribution in [0.1, 0.15) is 12.0 Å². The van der Waals surface area contributed by atoms with Crippen LogP contribution in [0.3, 0.4) is 0 Å². The van der Waals surface area contributed by atoms with E-state index in [0.29, 0.717) is 24.8 Å². The average Bonchev–Trinajstić information content (AvgIpc) is 2.78. The summed E-state index contributed by atoms with van der Waals surface area (Å²) in [5, 5.41) is 0.526. The number of nitrogens with zero attached hydrogens (tertiary/aromatic N) is 2. The molecular formula is C14H14F3N3S. The van der Waals surface area contributed by atoms with Gasteiger partial charge in [-0.2, -0.15) is 13.2 Å². The van der Waals surface area contributed by atoms with Crippen molar-refractivity contribution in [3.05, 3.63) is 35.4 Å². The molecule has 0 saturated carbocycles. The quantitative estimate of drug-likeness (QED) is 0.862. The fourth-order valence-electron chi connectivity index (χ4n) is 2.46. The van der Waals surface area contributed by atoms with Crippen molar-refractivity contribution in [2.75, 3.05) is 18.8 Å². The second kappa shape index (κ2) is 5.31. The lowest BCUT2D eigenvalue weighted by Crippen LogP contribution is -2.31. The summed E-state index contributed by atoms with van der Waals surface area (Å²) in [5.74, 6) is 0. The molecule has 2 aromatic rings. The molecule has 0 spiro atoms. The average molecular weight is 313 g/mol. The zero-order valence-corrected chi connectivity index (χ0v) is 12.0. The maximum atomic E-state index is 12.6. The summed E-state index contributed by atoms with van der Waals surface area (Å²) < 4.78 is 38.7. The third-order valence-corrected chi connectivity index (χ3v) is 4.38. The van der Waals surface area contributed by atoms with Crippen molar-refractivity contribution in [3.8, 4) is 0 Å². The minimum Gasteiger partial charge on any atom is -0.375 e. The molecule has 2 heterocycles. The van der Waals surface area contributed by atoms with E-state index >= 15 is 0 Å². The molecular weight excluding hydrogens is 299 g/mol. The first kappa shape index (κ1) is 14.3. The molecule has 1 aliphatic heterocycles. The third kappa shape index (κ3) is 3.19. The first-order valence-corrected chi connectivity index (χ1v) is 7.37. The topological polar surface area (TPSA) is 42.1 Å². The molecule has 2 N–H and O–H groups in total. The van der Waals surface area contributed by atoms with Crippen molar-refractivity contribution >= 4 is 26.7 Å². The van der Waals surface area contributed by atoms with Crippen LogP contribution in [0.4, 0.5) is 18.3 Å². The van der Waals surface area contributed by atoms with Gasteiger partial charge in [0, 0.05) is 25.2 Å². The van der Waals surface area contributed by atoms with Crippen LogP contribution >= 0.6 is 11.3 Å². The maximum Gasteiger partial charge on any atom is 0.412 e. The van der Waals surface area contributed by atoms with Crippen LogP contribution < -0.4 is 5.73 Å². The summed E-state index contributed by atoms with van der Waals surface area (Å²) in [4.78, 5) is 6.19. The number of halogens is 3. The molecule has 1 aromatic carbocycles. The molecule has 0 radical (unpaired) electrons. The Labute approximate surface area is 123 Å². The molecule has 0 bridgehead atoms. The zero-order chi connectivity index (χ0) is 15.0. The number of nitrogens with two attached hydrogens (primary N) is 1. The van der Waals surface area contributed by atoms with Gasteiger partial charge in [0.05, 0.1) is 10.2 Å². The van der Waals surface area contributed by atoms with E-state index in [4.69, 9.17) is 5.73 Å². The summed E-state index contributed by atoms with van der Waals surface area (Å²) in [5.41, 5.74) is 7.18. The molecule has 1 aromatic heterocycles. The number of hydrogen-bond acceptors (Lipinski definition) is 4. The Morgan fingerprint density at radius 1 is 1.33 bits per heavy atom. The highest BCUT2D eigenvalue weighted by Gasteiger charge is 2.34. The van der Waals surface area contributed by atoms with Gasteiger partial charge in [-0.3, -0.25) is 4.90 Å². The predicted molar refractivity (Wildman–Crippen MR) is 78.1 cm³/mol. The van der Waals surface area contributed by atoms with Gasteiger partial charge >= 0.3 is 6.18 Å². The molecule has 112 valence electrons. The number of benzene rings is 1. The molecule has 21 heavy (non-hydrogen) atoms. The van der Waals surface area contributed by atoms with E-state index < -0.39 is 11.7 Å². The maximum absolute atomic E-state index is 12.6. The molecule has 0 fully saturated rings. The SMILES string of the molecule is Nc1nc2ccc(CN3CC=C(C(F)(F)F)CC3)cc2s1. The van der Waals surface area contributed by atoms with Crippen LogP contribution in [0, 0.1) is 0 Å². The summed E-state index contributed by atoms with van der Waals surface area (Å²) in [7, 11) is 0. The van der Waals surface area contributed by atoms with E-state index in [2.05, 4.69) is 4.98 Å². The van der Waals surface area contributed by atoms with Gasteiger partial charge in [-0.05, 0) is 24.1 Å². The second-order valence-electron chi connectivity index (χ2n) is 5.07. The highest BCUT2D eigenvalue weighted by Crippen LogP contribution is 2.31. The van der Waals surface area contributed by atoms with E-state index in [0.717, 1.165) is 15.8 Å². The molecule has 0 amide bonds. The van der Waals surface area contributed by atoms with Gasteiger partial charge in [0.25, 0.3) is 0 Å². The number of thiazole rings is 1. The monoisotopic (exact) mass is 313 g/mol. The molecule has 1 aliphatic rings. The van der Waals surface area contributed by atoms with Gasteiger partial charge in [-0.1, -0.05) is 23.5 Å². The molecule has 3 rings (SSSR count). The summed E-state index contributed by atoms with van der Waals surface area (Å²) in [6.45, 7) is 1.39. The van der Waals surface area contributed by atoms with Gasteiger partial charge in [0.1, 0.15) is 0 Å². The minimum absolute atomic E-state index is 0.0548. The predicted octanol–water partition coefficient (Wildman–Crippen LogP) is 3.57. The van der Waals surface area contributed by atoms with Crippen LogP contribution in [-0.4, -0.2) is 29.1 Å². The Morgan fingerprint density at radius 2 is 2.14 bits per heavy atom. The second-order valence-corrected chi connectivity index (χ2v) is 6.13. The summed E-state index contributed by atoms with van der Waals surface area (Å²) in [6.07, 6.45) is -2.85. The number of alkyl halides is 3. The summed E-state index contributed by atoms with van der Waals surface area (Å²) >= 11 is 1.42. The summed E-state index contributed by atoms with van der Waals surface area (Å²) in [6, 6.07) is 5.86. The normalized spacial score (nSPS) is 17.2. The van der Waals surface area contributed by atoms with E-state index in [1.165, 1.54) is 17.4 Å². The lowest BCUT2D eigenvalue weighted by Gasteiger charge is -2.27. The molecule has 3 nitrogen and oxygen atoms in total. The Kier molecular flexibility index (Phi) is 3.62. The lowest BCUT2D eigenvalue weighted by molar-refractivity contribution is -0.0960.